The Morgan fingerprint density at radius 1 is 0.947 bits per heavy atom. The van der Waals surface area contributed by atoms with Gasteiger partial charge in [-0.2, -0.15) is 0 Å². The van der Waals surface area contributed by atoms with E-state index in [1.54, 1.807) is 13.2 Å². The molecule has 0 radical (unpaired) electrons. The van der Waals surface area contributed by atoms with E-state index in [0.29, 0.717) is 17.9 Å². The molecule has 19 heavy (non-hydrogen) atoms. The number of para-hydroxylation sites is 2. The third-order valence-electron chi connectivity index (χ3n) is 2.86. The summed E-state index contributed by atoms with van der Waals surface area (Å²) in [7, 11) is 1.54. The molecule has 0 aliphatic carbocycles. The molecule has 0 aromatic heterocycles. The van der Waals surface area contributed by atoms with Crippen molar-refractivity contribution in [3.05, 3.63) is 42.5 Å². The fourth-order valence-corrected chi connectivity index (χ4v) is 1.93. The highest BCUT2D eigenvalue weighted by atomic mass is 16.5. The summed E-state index contributed by atoms with van der Waals surface area (Å²) in [4.78, 5) is 0. The summed E-state index contributed by atoms with van der Waals surface area (Å²) >= 11 is 0. The van der Waals surface area contributed by atoms with Crippen molar-refractivity contribution < 1.29 is 14.6 Å². The molecule has 0 aliphatic heterocycles. The van der Waals surface area contributed by atoms with Crippen LogP contribution in [0.5, 0.6) is 17.2 Å². The van der Waals surface area contributed by atoms with Crippen LogP contribution in [0.15, 0.2) is 42.5 Å². The monoisotopic (exact) mass is 258 g/mol. The molecule has 0 spiro atoms. The van der Waals surface area contributed by atoms with Gasteiger partial charge in [-0.25, -0.2) is 0 Å². The Kier molecular flexibility index (Phi) is 4.29. The molecular formula is C16H18O3. The number of ether oxygens (including phenoxy) is 2. The highest BCUT2D eigenvalue weighted by molar-refractivity contribution is 5.77. The Labute approximate surface area is 113 Å². The maximum atomic E-state index is 10.2. The molecule has 0 heterocycles. The fourth-order valence-electron chi connectivity index (χ4n) is 1.93. The van der Waals surface area contributed by atoms with Crippen molar-refractivity contribution >= 4 is 0 Å². The van der Waals surface area contributed by atoms with E-state index in [4.69, 9.17) is 9.47 Å². The highest BCUT2D eigenvalue weighted by Crippen LogP contribution is 2.40. The van der Waals surface area contributed by atoms with Gasteiger partial charge < -0.3 is 14.6 Å². The molecule has 0 aliphatic rings. The van der Waals surface area contributed by atoms with Gasteiger partial charge in [0.2, 0.25) is 0 Å². The van der Waals surface area contributed by atoms with E-state index in [9.17, 15) is 5.11 Å². The normalized spacial score (nSPS) is 10.2. The summed E-state index contributed by atoms with van der Waals surface area (Å²) < 4.78 is 10.9. The van der Waals surface area contributed by atoms with Crippen LogP contribution in [0.4, 0.5) is 0 Å². The van der Waals surface area contributed by atoms with E-state index in [2.05, 4.69) is 6.92 Å². The van der Waals surface area contributed by atoms with Crippen molar-refractivity contribution in [2.24, 2.45) is 0 Å². The van der Waals surface area contributed by atoms with E-state index in [1.807, 2.05) is 36.4 Å². The smallest absolute Gasteiger partial charge is 0.165 e. The van der Waals surface area contributed by atoms with Crippen LogP contribution in [0.3, 0.4) is 0 Å². The molecular weight excluding hydrogens is 240 g/mol. The molecule has 2 rings (SSSR count). The lowest BCUT2D eigenvalue weighted by Crippen LogP contribution is -1.97. The van der Waals surface area contributed by atoms with Crippen LogP contribution in [0.2, 0.25) is 0 Å². The Hall–Kier alpha value is -2.16. The van der Waals surface area contributed by atoms with Crippen LogP contribution in [-0.2, 0) is 0 Å². The van der Waals surface area contributed by atoms with Gasteiger partial charge in [0.15, 0.2) is 11.5 Å². The minimum absolute atomic E-state index is 0.137. The van der Waals surface area contributed by atoms with Gasteiger partial charge in [0.25, 0.3) is 0 Å². The first-order valence-corrected chi connectivity index (χ1v) is 6.36. The number of rotatable bonds is 5. The zero-order chi connectivity index (χ0) is 13.7. The van der Waals surface area contributed by atoms with Crippen LogP contribution < -0.4 is 9.47 Å². The van der Waals surface area contributed by atoms with Crippen LogP contribution in [0.25, 0.3) is 11.1 Å². The van der Waals surface area contributed by atoms with E-state index in [0.717, 1.165) is 17.7 Å². The standard InChI is InChI=1S/C16H18O3/c1-3-11-19-14-9-5-4-7-12(14)13-8-6-10-15(18-2)16(13)17/h4-10,17H,3,11H2,1-2H3. The van der Waals surface area contributed by atoms with Gasteiger partial charge in [0.05, 0.1) is 13.7 Å². The van der Waals surface area contributed by atoms with E-state index < -0.39 is 0 Å². The molecule has 0 saturated heterocycles. The van der Waals surface area contributed by atoms with E-state index in [1.165, 1.54) is 0 Å². The van der Waals surface area contributed by atoms with Crippen molar-refractivity contribution in [3.63, 3.8) is 0 Å². The lowest BCUT2D eigenvalue weighted by molar-refractivity contribution is 0.318. The Morgan fingerprint density at radius 2 is 1.63 bits per heavy atom. The molecule has 0 bridgehead atoms. The molecule has 0 fully saturated rings. The summed E-state index contributed by atoms with van der Waals surface area (Å²) in [5, 5.41) is 10.2. The van der Waals surface area contributed by atoms with Gasteiger partial charge in [-0.15, -0.1) is 0 Å². The lowest BCUT2D eigenvalue weighted by atomic mass is 10.0. The van der Waals surface area contributed by atoms with Crippen molar-refractivity contribution in [1.82, 2.24) is 0 Å². The number of benzene rings is 2. The minimum atomic E-state index is 0.137. The summed E-state index contributed by atoms with van der Waals surface area (Å²) in [6.07, 6.45) is 0.943. The van der Waals surface area contributed by atoms with Crippen LogP contribution >= 0.6 is 0 Å². The topological polar surface area (TPSA) is 38.7 Å². The number of hydrogen-bond donors (Lipinski definition) is 1. The van der Waals surface area contributed by atoms with Crippen LogP contribution in [0.1, 0.15) is 13.3 Å². The van der Waals surface area contributed by atoms with Crippen molar-refractivity contribution in [1.29, 1.82) is 0 Å². The number of phenolic OH excluding ortho intramolecular Hbond substituents is 1. The third-order valence-corrected chi connectivity index (χ3v) is 2.86. The first kappa shape index (κ1) is 13.3. The summed E-state index contributed by atoms with van der Waals surface area (Å²) in [5.41, 5.74) is 1.58. The first-order valence-electron chi connectivity index (χ1n) is 6.36. The van der Waals surface area contributed by atoms with Gasteiger partial charge in [0.1, 0.15) is 5.75 Å². The summed E-state index contributed by atoms with van der Waals surface area (Å²) in [6, 6.07) is 13.1. The zero-order valence-electron chi connectivity index (χ0n) is 11.2. The van der Waals surface area contributed by atoms with Crippen molar-refractivity contribution in [2.45, 2.75) is 13.3 Å². The highest BCUT2D eigenvalue weighted by Gasteiger charge is 2.13. The molecule has 2 aromatic rings. The Balaban J connectivity index is 2.46. The second kappa shape index (κ2) is 6.14. The maximum Gasteiger partial charge on any atom is 0.165 e. The molecule has 100 valence electrons. The molecule has 0 amide bonds. The second-order valence-electron chi connectivity index (χ2n) is 4.20. The second-order valence-corrected chi connectivity index (χ2v) is 4.20. The zero-order valence-corrected chi connectivity index (χ0v) is 11.2. The molecule has 3 nitrogen and oxygen atoms in total. The van der Waals surface area contributed by atoms with Crippen molar-refractivity contribution in [3.8, 4) is 28.4 Å². The van der Waals surface area contributed by atoms with Gasteiger partial charge in [-0.1, -0.05) is 37.3 Å². The van der Waals surface area contributed by atoms with E-state index >= 15 is 0 Å². The predicted octanol–water partition coefficient (Wildman–Crippen LogP) is 3.86. The number of aromatic hydroxyl groups is 1. The number of hydrogen-bond acceptors (Lipinski definition) is 3. The maximum absolute atomic E-state index is 10.2. The van der Waals surface area contributed by atoms with Crippen molar-refractivity contribution in [2.75, 3.05) is 13.7 Å². The molecule has 2 aromatic carbocycles. The van der Waals surface area contributed by atoms with Crippen LogP contribution in [-0.4, -0.2) is 18.8 Å². The minimum Gasteiger partial charge on any atom is -0.504 e. The molecule has 0 atom stereocenters. The number of methoxy groups -OCH3 is 1. The number of phenols is 1. The Morgan fingerprint density at radius 3 is 2.37 bits per heavy atom. The lowest BCUT2D eigenvalue weighted by Gasteiger charge is -2.13. The predicted molar refractivity (Wildman–Crippen MR) is 75.9 cm³/mol. The van der Waals surface area contributed by atoms with E-state index in [-0.39, 0.29) is 5.75 Å². The Bertz CT molecular complexity index is 549. The summed E-state index contributed by atoms with van der Waals surface area (Å²) in [5.74, 6) is 1.37. The molecule has 3 heteroatoms. The largest absolute Gasteiger partial charge is 0.504 e. The summed E-state index contributed by atoms with van der Waals surface area (Å²) in [6.45, 7) is 2.72. The average molecular weight is 258 g/mol. The molecule has 0 unspecified atom stereocenters. The van der Waals surface area contributed by atoms with Crippen LogP contribution in [0, 0.1) is 0 Å². The molecule has 1 N–H and O–H groups in total. The SMILES string of the molecule is CCCOc1ccccc1-c1cccc(OC)c1O. The van der Waals surface area contributed by atoms with Gasteiger partial charge in [-0.05, 0) is 18.6 Å². The average Bonchev–Trinajstić information content (AvgIpc) is 2.46. The molecule has 0 saturated carbocycles. The van der Waals surface area contributed by atoms with Gasteiger partial charge >= 0.3 is 0 Å². The fraction of sp³-hybridized carbons (Fsp3) is 0.250. The first-order chi connectivity index (χ1) is 9.27. The third kappa shape index (κ3) is 2.81. The van der Waals surface area contributed by atoms with Gasteiger partial charge in [-0.3, -0.25) is 0 Å². The van der Waals surface area contributed by atoms with Gasteiger partial charge in [0, 0.05) is 11.1 Å². The quantitative estimate of drug-likeness (QED) is 0.885.